The highest BCUT2D eigenvalue weighted by Gasteiger charge is 2.25. The predicted octanol–water partition coefficient (Wildman–Crippen LogP) is 3.81. The maximum Gasteiger partial charge on any atom is 0.243 e. The molecule has 1 saturated heterocycles. The summed E-state index contributed by atoms with van der Waals surface area (Å²) in [5, 5.41) is 6.14. The highest BCUT2D eigenvalue weighted by molar-refractivity contribution is 7.89. The lowest BCUT2D eigenvalue weighted by atomic mass is 10.2. The van der Waals surface area contributed by atoms with Gasteiger partial charge >= 0.3 is 0 Å². The molecule has 1 N–H and O–H groups in total. The Balaban J connectivity index is 1.79. The highest BCUT2D eigenvalue weighted by atomic mass is 32.2. The molecule has 24 heavy (non-hydrogen) atoms. The average molecular weight is 366 g/mol. The van der Waals surface area contributed by atoms with Gasteiger partial charge in [-0.15, -0.1) is 11.3 Å². The Hall–Kier alpha value is -1.44. The van der Waals surface area contributed by atoms with Crippen LogP contribution in [-0.2, 0) is 10.0 Å². The van der Waals surface area contributed by atoms with Gasteiger partial charge < -0.3 is 5.32 Å². The maximum atomic E-state index is 12.7. The summed E-state index contributed by atoms with van der Waals surface area (Å²) in [6.07, 6.45) is 3.01. The summed E-state index contributed by atoms with van der Waals surface area (Å²) in [5.41, 5.74) is 1.80. The van der Waals surface area contributed by atoms with Gasteiger partial charge in [0, 0.05) is 30.1 Å². The van der Waals surface area contributed by atoms with Crippen LogP contribution in [0.2, 0.25) is 0 Å². The first-order valence-corrected chi connectivity index (χ1v) is 10.6. The molecular formula is C17H23N3O2S2. The van der Waals surface area contributed by atoms with Gasteiger partial charge in [-0.3, -0.25) is 0 Å². The molecule has 2 aromatic rings. The Bertz CT molecular complexity index is 776. The summed E-state index contributed by atoms with van der Waals surface area (Å²) in [6, 6.07) is 7.39. The van der Waals surface area contributed by atoms with E-state index in [-0.39, 0.29) is 0 Å². The van der Waals surface area contributed by atoms with E-state index in [1.54, 1.807) is 27.8 Å². The fraction of sp³-hybridized carbons (Fsp3) is 0.471. The predicted molar refractivity (Wildman–Crippen MR) is 98.9 cm³/mol. The monoisotopic (exact) mass is 365 g/mol. The number of anilines is 1. The van der Waals surface area contributed by atoms with Crippen LogP contribution in [0.4, 0.5) is 5.13 Å². The van der Waals surface area contributed by atoms with Crippen molar-refractivity contribution in [2.24, 2.45) is 0 Å². The molecular weight excluding hydrogens is 342 g/mol. The van der Waals surface area contributed by atoms with Crippen LogP contribution in [0.25, 0.3) is 11.3 Å². The zero-order valence-corrected chi connectivity index (χ0v) is 15.7. The largest absolute Gasteiger partial charge is 0.359 e. The summed E-state index contributed by atoms with van der Waals surface area (Å²) in [5.74, 6) is 0. The zero-order chi connectivity index (χ0) is 17.2. The Kier molecular flexibility index (Phi) is 5.22. The van der Waals surface area contributed by atoms with Crippen LogP contribution in [-0.4, -0.2) is 36.8 Å². The number of nitrogens with zero attached hydrogens (tertiary/aromatic N) is 2. The second-order valence-corrected chi connectivity index (χ2v) is 9.12. The molecule has 1 aliphatic rings. The Labute approximate surface area is 147 Å². The van der Waals surface area contributed by atoms with Crippen molar-refractivity contribution in [2.45, 2.75) is 44.0 Å². The molecule has 0 radical (unpaired) electrons. The maximum absolute atomic E-state index is 12.7. The van der Waals surface area contributed by atoms with Gasteiger partial charge in [0.05, 0.1) is 10.6 Å². The van der Waals surface area contributed by atoms with Crippen molar-refractivity contribution in [3.05, 3.63) is 29.6 Å². The standard InChI is InChI=1S/C17H23N3O2S2/c1-13(2)18-17-19-16(12-23-17)14-6-8-15(9-7-14)24(21,22)20-10-4-3-5-11-20/h6-9,12-13H,3-5,10-11H2,1-2H3,(H,18,19). The molecule has 1 fully saturated rings. The second kappa shape index (κ2) is 7.21. The van der Waals surface area contributed by atoms with Gasteiger partial charge in [-0.25, -0.2) is 13.4 Å². The Morgan fingerprint density at radius 1 is 1.12 bits per heavy atom. The number of benzene rings is 1. The van der Waals surface area contributed by atoms with Crippen LogP contribution in [0.15, 0.2) is 34.5 Å². The number of hydrogen-bond acceptors (Lipinski definition) is 5. The van der Waals surface area contributed by atoms with Crippen molar-refractivity contribution in [3.63, 3.8) is 0 Å². The number of aromatic nitrogens is 1. The van der Waals surface area contributed by atoms with E-state index in [4.69, 9.17) is 0 Å². The number of thiazole rings is 1. The van der Waals surface area contributed by atoms with E-state index >= 15 is 0 Å². The molecule has 0 saturated carbocycles. The van der Waals surface area contributed by atoms with Gasteiger partial charge in [0.15, 0.2) is 5.13 Å². The lowest BCUT2D eigenvalue weighted by Gasteiger charge is -2.25. The van der Waals surface area contributed by atoms with Crippen molar-refractivity contribution in [1.29, 1.82) is 0 Å². The van der Waals surface area contributed by atoms with E-state index in [9.17, 15) is 8.42 Å². The molecule has 0 unspecified atom stereocenters. The molecule has 1 aromatic carbocycles. The molecule has 0 spiro atoms. The minimum atomic E-state index is -3.37. The topological polar surface area (TPSA) is 62.3 Å². The third-order valence-electron chi connectivity index (χ3n) is 4.02. The summed E-state index contributed by atoms with van der Waals surface area (Å²) < 4.78 is 26.9. The van der Waals surface area contributed by atoms with Gasteiger partial charge in [0.25, 0.3) is 0 Å². The van der Waals surface area contributed by atoms with Gasteiger partial charge in [-0.05, 0) is 38.8 Å². The molecule has 2 heterocycles. The molecule has 1 aliphatic heterocycles. The van der Waals surface area contributed by atoms with E-state index in [2.05, 4.69) is 24.1 Å². The van der Waals surface area contributed by atoms with E-state index in [0.717, 1.165) is 35.7 Å². The Morgan fingerprint density at radius 2 is 1.79 bits per heavy atom. The van der Waals surface area contributed by atoms with Crippen molar-refractivity contribution < 1.29 is 8.42 Å². The lowest BCUT2D eigenvalue weighted by molar-refractivity contribution is 0.346. The minimum Gasteiger partial charge on any atom is -0.359 e. The number of sulfonamides is 1. The Morgan fingerprint density at radius 3 is 2.42 bits per heavy atom. The molecule has 1 aromatic heterocycles. The number of hydrogen-bond donors (Lipinski definition) is 1. The van der Waals surface area contributed by atoms with Crippen molar-refractivity contribution in [3.8, 4) is 11.3 Å². The number of nitrogens with one attached hydrogen (secondary N) is 1. The molecule has 7 heteroatoms. The highest BCUT2D eigenvalue weighted by Crippen LogP contribution is 2.27. The van der Waals surface area contributed by atoms with Crippen molar-refractivity contribution in [2.75, 3.05) is 18.4 Å². The van der Waals surface area contributed by atoms with Gasteiger partial charge in [-0.2, -0.15) is 4.31 Å². The molecule has 3 rings (SSSR count). The number of piperidine rings is 1. The summed E-state index contributed by atoms with van der Waals surface area (Å²) in [6.45, 7) is 5.39. The summed E-state index contributed by atoms with van der Waals surface area (Å²) >= 11 is 1.56. The van der Waals surface area contributed by atoms with Crippen LogP contribution in [0, 0.1) is 0 Å². The normalized spacial score (nSPS) is 16.5. The molecule has 0 bridgehead atoms. The number of rotatable bonds is 5. The minimum absolute atomic E-state index is 0.334. The second-order valence-electron chi connectivity index (χ2n) is 6.33. The van der Waals surface area contributed by atoms with E-state index in [0.29, 0.717) is 24.0 Å². The smallest absolute Gasteiger partial charge is 0.243 e. The van der Waals surface area contributed by atoms with E-state index < -0.39 is 10.0 Å². The first-order valence-electron chi connectivity index (χ1n) is 8.29. The first-order chi connectivity index (χ1) is 11.5. The SMILES string of the molecule is CC(C)Nc1nc(-c2ccc(S(=O)(=O)N3CCCCC3)cc2)cs1. The molecule has 5 nitrogen and oxygen atoms in total. The van der Waals surface area contributed by atoms with Gasteiger partial charge in [-0.1, -0.05) is 18.6 Å². The molecule has 0 atom stereocenters. The third-order valence-corrected chi connectivity index (χ3v) is 6.71. The van der Waals surface area contributed by atoms with Crippen molar-refractivity contribution >= 4 is 26.5 Å². The molecule has 130 valence electrons. The van der Waals surface area contributed by atoms with Crippen LogP contribution < -0.4 is 5.32 Å². The summed E-state index contributed by atoms with van der Waals surface area (Å²) in [7, 11) is -3.37. The average Bonchev–Trinajstić information content (AvgIpc) is 3.03. The van der Waals surface area contributed by atoms with Crippen LogP contribution in [0.5, 0.6) is 0 Å². The van der Waals surface area contributed by atoms with Gasteiger partial charge in [0.1, 0.15) is 0 Å². The zero-order valence-electron chi connectivity index (χ0n) is 14.0. The van der Waals surface area contributed by atoms with Crippen molar-refractivity contribution in [1.82, 2.24) is 9.29 Å². The first kappa shape index (κ1) is 17.4. The van der Waals surface area contributed by atoms with Crippen LogP contribution in [0.3, 0.4) is 0 Å². The molecule has 0 aliphatic carbocycles. The van der Waals surface area contributed by atoms with E-state index in [1.165, 1.54) is 0 Å². The van der Waals surface area contributed by atoms with Gasteiger partial charge in [0.2, 0.25) is 10.0 Å². The third kappa shape index (κ3) is 3.79. The van der Waals surface area contributed by atoms with Crippen LogP contribution in [0.1, 0.15) is 33.1 Å². The molecule has 0 amide bonds. The fourth-order valence-electron chi connectivity index (χ4n) is 2.77. The van der Waals surface area contributed by atoms with E-state index in [1.807, 2.05) is 17.5 Å². The van der Waals surface area contributed by atoms with Crippen LogP contribution >= 0.6 is 11.3 Å². The quantitative estimate of drug-likeness (QED) is 0.875. The lowest BCUT2D eigenvalue weighted by Crippen LogP contribution is -2.35. The summed E-state index contributed by atoms with van der Waals surface area (Å²) in [4.78, 5) is 4.91. The fourth-order valence-corrected chi connectivity index (χ4v) is 5.16.